The second-order valence-electron chi connectivity index (χ2n) is 5.79. The zero-order chi connectivity index (χ0) is 16.2. The van der Waals surface area contributed by atoms with E-state index in [-0.39, 0.29) is 24.3 Å². The summed E-state index contributed by atoms with van der Waals surface area (Å²) < 4.78 is 0. The van der Waals surface area contributed by atoms with Gasteiger partial charge >= 0.3 is 0 Å². The van der Waals surface area contributed by atoms with Crippen molar-refractivity contribution >= 4 is 17.5 Å². The number of amides is 2. The molecule has 0 fully saturated rings. The molecule has 4 heteroatoms. The summed E-state index contributed by atoms with van der Waals surface area (Å²) in [6, 6.07) is 17.3. The molecule has 1 aliphatic heterocycles. The van der Waals surface area contributed by atoms with Gasteiger partial charge in [0.2, 0.25) is 11.8 Å². The summed E-state index contributed by atoms with van der Waals surface area (Å²) in [5, 5.41) is 2.89. The largest absolute Gasteiger partial charge is 0.349 e. The van der Waals surface area contributed by atoms with Crippen LogP contribution in [-0.4, -0.2) is 18.4 Å². The summed E-state index contributed by atoms with van der Waals surface area (Å²) in [6.45, 7) is 2.19. The Morgan fingerprint density at radius 1 is 1.09 bits per heavy atom. The van der Waals surface area contributed by atoms with E-state index >= 15 is 0 Å². The molecule has 2 aromatic rings. The third-order valence-corrected chi connectivity index (χ3v) is 4.15. The Balaban J connectivity index is 1.78. The highest BCUT2D eigenvalue weighted by molar-refractivity contribution is 5.96. The average molecular weight is 308 g/mol. The minimum absolute atomic E-state index is 0.0394. The molecule has 0 aromatic heterocycles. The molecule has 1 N–H and O–H groups in total. The number of fused-ring (bicyclic) bond motifs is 1. The quantitative estimate of drug-likeness (QED) is 0.944. The molecule has 1 atom stereocenters. The zero-order valence-corrected chi connectivity index (χ0v) is 13.2. The van der Waals surface area contributed by atoms with Crippen LogP contribution in [0.5, 0.6) is 0 Å². The maximum absolute atomic E-state index is 12.7. The van der Waals surface area contributed by atoms with Crippen LogP contribution >= 0.6 is 0 Å². The number of anilines is 1. The van der Waals surface area contributed by atoms with Crippen molar-refractivity contribution in [2.75, 3.05) is 11.4 Å². The Labute approximate surface area is 136 Å². The van der Waals surface area contributed by atoms with Crippen molar-refractivity contribution in [3.05, 3.63) is 65.7 Å². The lowest BCUT2D eigenvalue weighted by Crippen LogP contribution is -2.35. The molecule has 0 saturated carbocycles. The molecule has 3 rings (SSSR count). The summed E-state index contributed by atoms with van der Waals surface area (Å²) in [5.41, 5.74) is 3.15. The molecule has 4 nitrogen and oxygen atoms in total. The third kappa shape index (κ3) is 3.42. The van der Waals surface area contributed by atoms with Crippen molar-refractivity contribution in [2.24, 2.45) is 0 Å². The van der Waals surface area contributed by atoms with Crippen LogP contribution in [0.4, 0.5) is 5.69 Å². The van der Waals surface area contributed by atoms with E-state index in [2.05, 4.69) is 11.4 Å². The molecule has 0 aliphatic carbocycles. The van der Waals surface area contributed by atoms with E-state index in [9.17, 15) is 9.59 Å². The van der Waals surface area contributed by atoms with Crippen LogP contribution in [0.15, 0.2) is 54.6 Å². The fraction of sp³-hybridized carbons (Fsp3) is 0.263. The standard InChI is InChI=1S/C19H20N2O2/c1-14(22)20-17(15-7-3-2-4-8-15)13-19(23)21-12-11-16-9-5-6-10-18(16)21/h2-10,17H,11-13H2,1H3,(H,20,22)/t17-/m1/s1. The van der Waals surface area contributed by atoms with E-state index in [0.717, 1.165) is 17.7 Å². The van der Waals surface area contributed by atoms with Crippen LogP contribution in [0.2, 0.25) is 0 Å². The van der Waals surface area contributed by atoms with Crippen LogP contribution in [-0.2, 0) is 16.0 Å². The number of carbonyl (C=O) groups excluding carboxylic acids is 2. The Kier molecular flexibility index (Phi) is 4.42. The summed E-state index contributed by atoms with van der Waals surface area (Å²) in [4.78, 5) is 26.1. The fourth-order valence-corrected chi connectivity index (χ4v) is 3.07. The molecule has 0 saturated heterocycles. The molecule has 2 aromatic carbocycles. The van der Waals surface area contributed by atoms with Gasteiger partial charge in [0, 0.05) is 19.2 Å². The Bertz CT molecular complexity index is 712. The number of carbonyl (C=O) groups is 2. The number of para-hydroxylation sites is 1. The first-order valence-electron chi connectivity index (χ1n) is 7.85. The Hall–Kier alpha value is -2.62. The average Bonchev–Trinajstić information content (AvgIpc) is 2.99. The number of nitrogens with one attached hydrogen (secondary N) is 1. The van der Waals surface area contributed by atoms with E-state index in [1.165, 1.54) is 12.5 Å². The molecule has 2 amide bonds. The van der Waals surface area contributed by atoms with Gasteiger partial charge in [-0.05, 0) is 23.6 Å². The van der Waals surface area contributed by atoms with Gasteiger partial charge in [-0.3, -0.25) is 9.59 Å². The number of benzene rings is 2. The second-order valence-corrected chi connectivity index (χ2v) is 5.79. The molecule has 118 valence electrons. The van der Waals surface area contributed by atoms with E-state index in [1.54, 1.807) is 0 Å². The minimum Gasteiger partial charge on any atom is -0.349 e. The van der Waals surface area contributed by atoms with Crippen LogP contribution in [0, 0.1) is 0 Å². The van der Waals surface area contributed by atoms with Crippen molar-refractivity contribution in [1.29, 1.82) is 0 Å². The second kappa shape index (κ2) is 6.65. The molecular formula is C19H20N2O2. The first kappa shape index (κ1) is 15.3. The number of hydrogen-bond donors (Lipinski definition) is 1. The topological polar surface area (TPSA) is 49.4 Å². The van der Waals surface area contributed by atoms with E-state index < -0.39 is 0 Å². The van der Waals surface area contributed by atoms with Gasteiger partial charge in [0.05, 0.1) is 12.5 Å². The fourth-order valence-electron chi connectivity index (χ4n) is 3.07. The molecule has 1 heterocycles. The minimum atomic E-state index is -0.297. The highest BCUT2D eigenvalue weighted by Gasteiger charge is 2.27. The van der Waals surface area contributed by atoms with Gasteiger partial charge in [0.15, 0.2) is 0 Å². The normalized spacial score (nSPS) is 14.2. The van der Waals surface area contributed by atoms with Gasteiger partial charge in [-0.15, -0.1) is 0 Å². The van der Waals surface area contributed by atoms with Crippen molar-refractivity contribution < 1.29 is 9.59 Å². The lowest BCUT2D eigenvalue weighted by atomic mass is 10.0. The van der Waals surface area contributed by atoms with Gasteiger partial charge in [-0.1, -0.05) is 48.5 Å². The highest BCUT2D eigenvalue weighted by Crippen LogP contribution is 2.29. The first-order valence-corrected chi connectivity index (χ1v) is 7.85. The van der Waals surface area contributed by atoms with Crippen LogP contribution < -0.4 is 10.2 Å². The summed E-state index contributed by atoms with van der Waals surface area (Å²) in [5.74, 6) is -0.0916. The van der Waals surface area contributed by atoms with Crippen LogP contribution in [0.1, 0.15) is 30.5 Å². The maximum Gasteiger partial charge on any atom is 0.229 e. The van der Waals surface area contributed by atoms with E-state index in [1.807, 2.05) is 53.4 Å². The SMILES string of the molecule is CC(=O)N[C@H](CC(=O)N1CCc2ccccc21)c1ccccc1. The van der Waals surface area contributed by atoms with Gasteiger partial charge in [-0.25, -0.2) is 0 Å². The van der Waals surface area contributed by atoms with Crippen LogP contribution in [0.3, 0.4) is 0 Å². The molecule has 23 heavy (non-hydrogen) atoms. The van der Waals surface area contributed by atoms with Crippen molar-refractivity contribution in [2.45, 2.75) is 25.8 Å². The predicted octanol–water partition coefficient (Wildman–Crippen LogP) is 2.84. The first-order chi connectivity index (χ1) is 11.1. The Morgan fingerprint density at radius 3 is 2.52 bits per heavy atom. The highest BCUT2D eigenvalue weighted by atomic mass is 16.2. The Morgan fingerprint density at radius 2 is 1.78 bits per heavy atom. The molecule has 0 radical (unpaired) electrons. The van der Waals surface area contributed by atoms with Gasteiger partial charge in [0.1, 0.15) is 0 Å². The number of rotatable bonds is 4. The van der Waals surface area contributed by atoms with Crippen molar-refractivity contribution in [3.63, 3.8) is 0 Å². The zero-order valence-electron chi connectivity index (χ0n) is 13.2. The monoisotopic (exact) mass is 308 g/mol. The molecule has 0 spiro atoms. The van der Waals surface area contributed by atoms with E-state index in [4.69, 9.17) is 0 Å². The smallest absolute Gasteiger partial charge is 0.229 e. The summed E-state index contributed by atoms with van der Waals surface area (Å²) in [6.07, 6.45) is 1.15. The number of hydrogen-bond acceptors (Lipinski definition) is 2. The van der Waals surface area contributed by atoms with E-state index in [0.29, 0.717) is 6.54 Å². The lowest BCUT2D eigenvalue weighted by Gasteiger charge is -2.22. The molecular weight excluding hydrogens is 288 g/mol. The molecule has 0 bridgehead atoms. The van der Waals surface area contributed by atoms with Gasteiger partial charge in [-0.2, -0.15) is 0 Å². The van der Waals surface area contributed by atoms with Gasteiger partial charge < -0.3 is 10.2 Å². The summed E-state index contributed by atoms with van der Waals surface area (Å²) >= 11 is 0. The molecule has 0 unspecified atom stereocenters. The van der Waals surface area contributed by atoms with Crippen molar-refractivity contribution in [1.82, 2.24) is 5.32 Å². The lowest BCUT2D eigenvalue weighted by molar-refractivity contribution is -0.121. The summed E-state index contributed by atoms with van der Waals surface area (Å²) in [7, 11) is 0. The predicted molar refractivity (Wildman–Crippen MR) is 90.1 cm³/mol. The van der Waals surface area contributed by atoms with Crippen molar-refractivity contribution in [3.8, 4) is 0 Å². The maximum atomic E-state index is 12.7. The van der Waals surface area contributed by atoms with Gasteiger partial charge in [0.25, 0.3) is 0 Å². The number of nitrogens with zero attached hydrogens (tertiary/aromatic N) is 1. The van der Waals surface area contributed by atoms with Crippen LogP contribution in [0.25, 0.3) is 0 Å². The third-order valence-electron chi connectivity index (χ3n) is 4.15. The molecule has 1 aliphatic rings.